The van der Waals surface area contributed by atoms with Gasteiger partial charge in [-0.2, -0.15) is 0 Å². The maximum Gasteiger partial charge on any atom is 0.255 e. The standard InChI is InChI=1S/C17H20N4O.3ClH/c18-15-3-1-2-4-16(15)21-17(22)12-5-7-13(8-6-12)20-14-9-10-19-11-14;;;/h1-8,14,19-20H,9-11,18H2,(H,21,22);3*1H/t14-;;;/m0.../s1. The summed E-state index contributed by atoms with van der Waals surface area (Å²) in [5, 5.41) is 9.59. The number of anilines is 3. The summed E-state index contributed by atoms with van der Waals surface area (Å²) in [4.78, 5) is 12.2. The summed E-state index contributed by atoms with van der Waals surface area (Å²) in [6, 6.07) is 15.2. The van der Waals surface area contributed by atoms with Gasteiger partial charge in [-0.15, -0.1) is 37.2 Å². The molecule has 1 fully saturated rings. The zero-order valence-electron chi connectivity index (χ0n) is 13.5. The maximum absolute atomic E-state index is 12.2. The number of nitrogens with one attached hydrogen (secondary N) is 3. The van der Waals surface area contributed by atoms with E-state index in [-0.39, 0.29) is 43.1 Å². The Morgan fingerprint density at radius 2 is 1.72 bits per heavy atom. The molecule has 5 N–H and O–H groups in total. The lowest BCUT2D eigenvalue weighted by atomic mass is 10.1. The van der Waals surface area contributed by atoms with Crippen LogP contribution in [0.3, 0.4) is 0 Å². The van der Waals surface area contributed by atoms with Crippen LogP contribution in [0.4, 0.5) is 17.1 Å². The van der Waals surface area contributed by atoms with Gasteiger partial charge in [0.25, 0.3) is 5.91 Å². The van der Waals surface area contributed by atoms with E-state index >= 15 is 0 Å². The van der Waals surface area contributed by atoms with E-state index in [4.69, 9.17) is 5.73 Å². The molecule has 1 saturated heterocycles. The van der Waals surface area contributed by atoms with Crippen LogP contribution in [-0.4, -0.2) is 25.0 Å². The molecule has 0 bridgehead atoms. The van der Waals surface area contributed by atoms with E-state index < -0.39 is 0 Å². The van der Waals surface area contributed by atoms with Gasteiger partial charge in [-0.3, -0.25) is 4.79 Å². The average molecular weight is 406 g/mol. The van der Waals surface area contributed by atoms with Crippen molar-refractivity contribution >= 4 is 60.2 Å². The molecule has 0 radical (unpaired) electrons. The first kappa shape index (κ1) is 23.3. The van der Waals surface area contributed by atoms with Crippen molar-refractivity contribution < 1.29 is 4.79 Å². The van der Waals surface area contributed by atoms with E-state index in [1.54, 1.807) is 12.1 Å². The van der Waals surface area contributed by atoms with Gasteiger partial charge in [0.05, 0.1) is 11.4 Å². The van der Waals surface area contributed by atoms with Crippen LogP contribution in [0.1, 0.15) is 16.8 Å². The number of rotatable bonds is 4. The van der Waals surface area contributed by atoms with Gasteiger partial charge in [-0.1, -0.05) is 12.1 Å². The van der Waals surface area contributed by atoms with Crippen molar-refractivity contribution in [3.63, 3.8) is 0 Å². The third-order valence-electron chi connectivity index (χ3n) is 3.79. The number of carbonyl (C=O) groups is 1. The molecule has 3 rings (SSSR count). The monoisotopic (exact) mass is 404 g/mol. The number of para-hydroxylation sites is 2. The SMILES string of the molecule is Cl.Cl.Cl.Nc1ccccc1NC(=O)c1ccc(N[C@H]2CCNC2)cc1. The van der Waals surface area contributed by atoms with E-state index in [9.17, 15) is 4.79 Å². The predicted octanol–water partition coefficient (Wildman–Crippen LogP) is 3.56. The minimum Gasteiger partial charge on any atom is -0.397 e. The summed E-state index contributed by atoms with van der Waals surface area (Å²) in [7, 11) is 0. The van der Waals surface area contributed by atoms with Gasteiger partial charge >= 0.3 is 0 Å². The summed E-state index contributed by atoms with van der Waals surface area (Å²) in [5.41, 5.74) is 8.66. The summed E-state index contributed by atoms with van der Waals surface area (Å²) < 4.78 is 0. The Morgan fingerprint density at radius 3 is 2.32 bits per heavy atom. The van der Waals surface area contributed by atoms with Gasteiger partial charge < -0.3 is 21.7 Å². The average Bonchev–Trinajstić information content (AvgIpc) is 3.03. The predicted molar refractivity (Wildman–Crippen MR) is 112 cm³/mol. The molecule has 1 aliphatic heterocycles. The van der Waals surface area contributed by atoms with E-state index in [2.05, 4.69) is 16.0 Å². The molecule has 8 heteroatoms. The summed E-state index contributed by atoms with van der Waals surface area (Å²) in [6.07, 6.45) is 1.12. The second-order valence-corrected chi connectivity index (χ2v) is 5.45. The second kappa shape index (κ2) is 11.1. The molecule has 0 unspecified atom stereocenters. The van der Waals surface area contributed by atoms with Crippen LogP contribution < -0.4 is 21.7 Å². The van der Waals surface area contributed by atoms with E-state index in [0.29, 0.717) is 23.0 Å². The lowest BCUT2D eigenvalue weighted by molar-refractivity contribution is 0.102. The number of benzene rings is 2. The zero-order valence-corrected chi connectivity index (χ0v) is 16.0. The molecule has 0 aromatic heterocycles. The lowest BCUT2D eigenvalue weighted by Crippen LogP contribution is -2.22. The van der Waals surface area contributed by atoms with Crippen molar-refractivity contribution in [3.8, 4) is 0 Å². The fourth-order valence-electron chi connectivity index (χ4n) is 2.54. The fourth-order valence-corrected chi connectivity index (χ4v) is 2.54. The first-order chi connectivity index (χ1) is 10.7. The number of hydrogen-bond donors (Lipinski definition) is 4. The Balaban J connectivity index is 0.00000192. The van der Waals surface area contributed by atoms with E-state index in [1.165, 1.54) is 0 Å². The topological polar surface area (TPSA) is 79.2 Å². The van der Waals surface area contributed by atoms with Gasteiger partial charge in [0.15, 0.2) is 0 Å². The van der Waals surface area contributed by atoms with Gasteiger partial charge in [0.1, 0.15) is 0 Å². The molecule has 2 aromatic rings. The van der Waals surface area contributed by atoms with Gasteiger partial charge in [0.2, 0.25) is 0 Å². The van der Waals surface area contributed by atoms with Crippen molar-refractivity contribution in [3.05, 3.63) is 54.1 Å². The van der Waals surface area contributed by atoms with E-state index in [0.717, 1.165) is 25.2 Å². The largest absolute Gasteiger partial charge is 0.397 e. The van der Waals surface area contributed by atoms with Crippen molar-refractivity contribution in [2.45, 2.75) is 12.5 Å². The molecule has 0 spiro atoms. The Hall–Kier alpha value is -1.66. The highest BCUT2D eigenvalue weighted by Crippen LogP contribution is 2.19. The van der Waals surface area contributed by atoms with Crippen LogP contribution in [0.2, 0.25) is 0 Å². The zero-order chi connectivity index (χ0) is 15.4. The molecule has 2 aromatic carbocycles. The third kappa shape index (κ3) is 6.29. The van der Waals surface area contributed by atoms with Crippen molar-refractivity contribution in [1.82, 2.24) is 5.32 Å². The smallest absolute Gasteiger partial charge is 0.255 e. The molecule has 0 saturated carbocycles. The minimum absolute atomic E-state index is 0. The molecule has 1 heterocycles. The molecular weight excluding hydrogens is 383 g/mol. The van der Waals surface area contributed by atoms with Crippen molar-refractivity contribution in [1.29, 1.82) is 0 Å². The van der Waals surface area contributed by atoms with Crippen LogP contribution in [0.25, 0.3) is 0 Å². The molecular formula is C17H23Cl3N4O. The highest BCUT2D eigenvalue weighted by atomic mass is 35.5. The Labute approximate surface area is 166 Å². The van der Waals surface area contributed by atoms with Crippen molar-refractivity contribution in [2.24, 2.45) is 0 Å². The number of halogens is 3. The minimum atomic E-state index is -0.160. The maximum atomic E-state index is 12.2. The van der Waals surface area contributed by atoms with Crippen LogP contribution in [-0.2, 0) is 0 Å². The molecule has 0 aliphatic carbocycles. The van der Waals surface area contributed by atoms with E-state index in [1.807, 2.05) is 36.4 Å². The lowest BCUT2D eigenvalue weighted by Gasteiger charge is -2.13. The number of carbonyl (C=O) groups excluding carboxylic acids is 1. The summed E-state index contributed by atoms with van der Waals surface area (Å²) in [6.45, 7) is 2.03. The fraction of sp³-hybridized carbons (Fsp3) is 0.235. The highest BCUT2D eigenvalue weighted by molar-refractivity contribution is 6.05. The van der Waals surface area contributed by atoms with Crippen LogP contribution in [0, 0.1) is 0 Å². The number of nitrogen functional groups attached to an aromatic ring is 1. The Kier molecular flexibility index (Phi) is 10.3. The highest BCUT2D eigenvalue weighted by Gasteiger charge is 2.14. The van der Waals surface area contributed by atoms with Crippen LogP contribution >= 0.6 is 37.2 Å². The molecule has 1 atom stereocenters. The summed E-state index contributed by atoms with van der Waals surface area (Å²) in [5.74, 6) is -0.160. The quantitative estimate of drug-likeness (QED) is 0.586. The first-order valence-electron chi connectivity index (χ1n) is 7.45. The second-order valence-electron chi connectivity index (χ2n) is 5.45. The molecule has 138 valence electrons. The molecule has 25 heavy (non-hydrogen) atoms. The van der Waals surface area contributed by atoms with Crippen molar-refractivity contribution in [2.75, 3.05) is 29.5 Å². The summed E-state index contributed by atoms with van der Waals surface area (Å²) >= 11 is 0. The number of nitrogens with two attached hydrogens (primary N) is 1. The van der Waals surface area contributed by atoms with Crippen LogP contribution in [0.15, 0.2) is 48.5 Å². The third-order valence-corrected chi connectivity index (χ3v) is 3.79. The first-order valence-corrected chi connectivity index (χ1v) is 7.45. The normalized spacial score (nSPS) is 15.1. The molecule has 5 nitrogen and oxygen atoms in total. The number of amides is 1. The molecule has 1 aliphatic rings. The van der Waals surface area contributed by atoms with Gasteiger partial charge in [0, 0.05) is 23.8 Å². The number of hydrogen-bond acceptors (Lipinski definition) is 4. The Morgan fingerprint density at radius 1 is 1.04 bits per heavy atom. The Bertz CT molecular complexity index is 661. The van der Waals surface area contributed by atoms with Gasteiger partial charge in [-0.25, -0.2) is 0 Å². The van der Waals surface area contributed by atoms with Gasteiger partial charge in [-0.05, 0) is 49.4 Å². The molecule has 1 amide bonds. The van der Waals surface area contributed by atoms with Crippen LogP contribution in [0.5, 0.6) is 0 Å².